The number of nitrogens with zero attached hydrogens (tertiary/aromatic N) is 4. The van der Waals surface area contributed by atoms with Crippen molar-refractivity contribution < 1.29 is 36.9 Å². The summed E-state index contributed by atoms with van der Waals surface area (Å²) in [5.74, 6) is 2.21. The van der Waals surface area contributed by atoms with Crippen molar-refractivity contribution in [3.8, 4) is 11.5 Å². The fourth-order valence-electron chi connectivity index (χ4n) is 3.71. The van der Waals surface area contributed by atoms with Crippen molar-refractivity contribution in [2.45, 2.75) is 18.9 Å². The average molecular weight is 441 g/mol. The SMILES string of the molecule is COc1cc2nc(N3CCN(C(=O)C4CCCO4)CC3)nc(N)c2cc1OC.O.[Cl-]. The molecule has 2 aliphatic heterocycles. The van der Waals surface area contributed by atoms with Gasteiger partial charge in [-0.15, -0.1) is 0 Å². The number of aromatic nitrogens is 2. The van der Waals surface area contributed by atoms with Crippen LogP contribution in [0.5, 0.6) is 11.5 Å². The van der Waals surface area contributed by atoms with E-state index in [0.29, 0.717) is 67.0 Å². The number of nitrogen functional groups attached to an aromatic ring is 1. The summed E-state index contributed by atoms with van der Waals surface area (Å²) in [4.78, 5) is 25.6. The minimum atomic E-state index is -0.276. The molecule has 1 amide bonds. The number of carbonyl (C=O) groups is 1. The van der Waals surface area contributed by atoms with Crippen LogP contribution in [0.3, 0.4) is 0 Å². The molecule has 30 heavy (non-hydrogen) atoms. The Morgan fingerprint density at radius 1 is 1.13 bits per heavy atom. The predicted octanol–water partition coefficient (Wildman–Crippen LogP) is -2.76. The molecule has 2 aromatic rings. The van der Waals surface area contributed by atoms with Gasteiger partial charge in [0.25, 0.3) is 5.91 Å². The minimum absolute atomic E-state index is 0. The third-order valence-corrected chi connectivity index (χ3v) is 5.30. The number of ether oxygens (including phenoxy) is 3. The van der Waals surface area contributed by atoms with Crippen LogP contribution < -0.4 is 32.5 Å². The van der Waals surface area contributed by atoms with Gasteiger partial charge in [-0.05, 0) is 18.9 Å². The Morgan fingerprint density at radius 2 is 1.80 bits per heavy atom. The molecule has 10 nitrogen and oxygen atoms in total. The van der Waals surface area contributed by atoms with Gasteiger partial charge in [0, 0.05) is 44.2 Å². The first kappa shape index (κ1) is 23.7. The number of amides is 1. The second-order valence-corrected chi connectivity index (χ2v) is 6.95. The number of halogens is 1. The highest BCUT2D eigenvalue weighted by Gasteiger charge is 2.31. The molecule has 3 heterocycles. The van der Waals surface area contributed by atoms with E-state index in [9.17, 15) is 4.79 Å². The van der Waals surface area contributed by atoms with Gasteiger partial charge in [-0.25, -0.2) is 4.98 Å². The Labute approximate surface area is 181 Å². The monoisotopic (exact) mass is 440 g/mol. The third-order valence-electron chi connectivity index (χ3n) is 5.30. The molecule has 0 spiro atoms. The van der Waals surface area contributed by atoms with Crippen LogP contribution in [0, 0.1) is 0 Å². The molecule has 0 aliphatic carbocycles. The van der Waals surface area contributed by atoms with Crippen molar-refractivity contribution in [1.29, 1.82) is 0 Å². The number of piperazine rings is 1. The first-order valence-corrected chi connectivity index (χ1v) is 9.45. The lowest BCUT2D eigenvalue weighted by atomic mass is 10.2. The van der Waals surface area contributed by atoms with Crippen molar-refractivity contribution in [3.05, 3.63) is 12.1 Å². The fourth-order valence-corrected chi connectivity index (χ4v) is 3.71. The second-order valence-electron chi connectivity index (χ2n) is 6.95. The summed E-state index contributed by atoms with van der Waals surface area (Å²) >= 11 is 0. The zero-order chi connectivity index (χ0) is 19.7. The van der Waals surface area contributed by atoms with E-state index in [1.165, 1.54) is 0 Å². The summed E-state index contributed by atoms with van der Waals surface area (Å²) in [5.41, 5.74) is 6.87. The number of hydrogen-bond donors (Lipinski definition) is 1. The molecule has 11 heteroatoms. The van der Waals surface area contributed by atoms with E-state index >= 15 is 0 Å². The maximum Gasteiger partial charge on any atom is 0.251 e. The van der Waals surface area contributed by atoms with Crippen molar-refractivity contribution >= 4 is 28.6 Å². The fraction of sp³-hybridized carbons (Fsp3) is 0.526. The Balaban J connectivity index is 0.00000160. The van der Waals surface area contributed by atoms with Crippen LogP contribution in [0.4, 0.5) is 11.8 Å². The molecule has 166 valence electrons. The summed E-state index contributed by atoms with van der Waals surface area (Å²) in [6.45, 7) is 3.21. The third kappa shape index (κ3) is 4.45. The van der Waals surface area contributed by atoms with Crippen LogP contribution in [0.15, 0.2) is 12.1 Å². The van der Waals surface area contributed by atoms with E-state index < -0.39 is 0 Å². The minimum Gasteiger partial charge on any atom is -1.00 e. The lowest BCUT2D eigenvalue weighted by molar-refractivity contribution is -0.141. The van der Waals surface area contributed by atoms with Crippen LogP contribution in [0.2, 0.25) is 0 Å². The van der Waals surface area contributed by atoms with Crippen LogP contribution in [-0.4, -0.2) is 79.4 Å². The summed E-state index contributed by atoms with van der Waals surface area (Å²) in [5, 5.41) is 0.716. The lowest BCUT2D eigenvalue weighted by Crippen LogP contribution is -3.00. The van der Waals surface area contributed by atoms with Gasteiger partial charge in [-0.1, -0.05) is 0 Å². The maximum atomic E-state index is 12.5. The Morgan fingerprint density at radius 3 is 2.40 bits per heavy atom. The predicted molar refractivity (Wildman–Crippen MR) is 108 cm³/mol. The zero-order valence-corrected chi connectivity index (χ0v) is 17.8. The molecule has 1 unspecified atom stereocenters. The van der Waals surface area contributed by atoms with Gasteiger partial charge in [-0.3, -0.25) is 4.79 Å². The summed E-state index contributed by atoms with van der Waals surface area (Å²) < 4.78 is 16.2. The van der Waals surface area contributed by atoms with E-state index in [-0.39, 0.29) is 29.9 Å². The highest BCUT2D eigenvalue weighted by Crippen LogP contribution is 2.34. The average Bonchev–Trinajstić information content (AvgIpc) is 3.27. The molecule has 1 atom stereocenters. The topological polar surface area (TPSA) is 135 Å². The number of carbonyl (C=O) groups excluding carboxylic acids is 1. The van der Waals surface area contributed by atoms with Crippen molar-refractivity contribution in [2.24, 2.45) is 0 Å². The van der Waals surface area contributed by atoms with Gasteiger partial charge in [0.2, 0.25) is 5.95 Å². The van der Waals surface area contributed by atoms with Crippen LogP contribution in [0.1, 0.15) is 12.8 Å². The van der Waals surface area contributed by atoms with Gasteiger partial charge < -0.3 is 47.6 Å². The van der Waals surface area contributed by atoms with Gasteiger partial charge in [0.05, 0.1) is 19.7 Å². The zero-order valence-electron chi connectivity index (χ0n) is 17.1. The van der Waals surface area contributed by atoms with E-state index in [4.69, 9.17) is 19.9 Å². The number of benzene rings is 1. The smallest absolute Gasteiger partial charge is 0.251 e. The number of hydrogen-bond acceptors (Lipinski definition) is 8. The van der Waals surface area contributed by atoms with Gasteiger partial charge in [0.1, 0.15) is 11.9 Å². The van der Waals surface area contributed by atoms with Crippen molar-refractivity contribution in [2.75, 3.05) is 57.6 Å². The normalized spacial score (nSPS) is 18.5. The van der Waals surface area contributed by atoms with E-state index in [1.807, 2.05) is 9.80 Å². The Kier molecular flexibility index (Phi) is 7.88. The number of rotatable bonds is 4. The van der Waals surface area contributed by atoms with Gasteiger partial charge in [0.15, 0.2) is 11.5 Å². The second kappa shape index (κ2) is 9.96. The van der Waals surface area contributed by atoms with Gasteiger partial charge >= 0.3 is 0 Å². The van der Waals surface area contributed by atoms with E-state index in [1.54, 1.807) is 26.4 Å². The lowest BCUT2D eigenvalue weighted by Gasteiger charge is -2.35. The molecule has 4 N–H and O–H groups in total. The van der Waals surface area contributed by atoms with Gasteiger partial charge in [-0.2, -0.15) is 4.98 Å². The summed E-state index contributed by atoms with van der Waals surface area (Å²) in [6, 6.07) is 3.58. The first-order chi connectivity index (χ1) is 13.6. The largest absolute Gasteiger partial charge is 1.00 e. The number of methoxy groups -OCH3 is 2. The van der Waals surface area contributed by atoms with Crippen LogP contribution in [-0.2, 0) is 9.53 Å². The maximum absolute atomic E-state index is 12.5. The van der Waals surface area contributed by atoms with E-state index in [2.05, 4.69) is 9.97 Å². The molecule has 0 saturated carbocycles. The molecule has 0 radical (unpaired) electrons. The number of fused-ring (bicyclic) bond motifs is 1. The van der Waals surface area contributed by atoms with Crippen molar-refractivity contribution in [1.82, 2.24) is 14.9 Å². The standard InChI is InChI=1S/C19H25N5O4.ClH.H2O/c1-26-15-10-12-13(11-16(15)27-2)21-19(22-17(12)20)24-7-5-23(6-8-24)18(25)14-4-3-9-28-14;;/h10-11,14H,3-9H2,1-2H3,(H2,20,21,22);1H;1H2/p-1. The molecule has 1 aromatic heterocycles. The highest BCUT2D eigenvalue weighted by molar-refractivity contribution is 5.91. The molecule has 2 aliphatic rings. The quantitative estimate of drug-likeness (QED) is 0.540. The molecule has 0 bridgehead atoms. The summed E-state index contributed by atoms with van der Waals surface area (Å²) in [7, 11) is 3.16. The first-order valence-electron chi connectivity index (χ1n) is 9.45. The Bertz CT molecular complexity index is 885. The molecule has 2 fully saturated rings. The van der Waals surface area contributed by atoms with Crippen LogP contribution in [0.25, 0.3) is 10.9 Å². The molecule has 1 aromatic carbocycles. The van der Waals surface area contributed by atoms with E-state index in [0.717, 1.165) is 12.8 Å². The molecular weight excluding hydrogens is 414 g/mol. The molecular formula is C19H27ClN5O5-. The van der Waals surface area contributed by atoms with Crippen LogP contribution >= 0.6 is 0 Å². The van der Waals surface area contributed by atoms with Crippen molar-refractivity contribution in [3.63, 3.8) is 0 Å². The molecule has 2 saturated heterocycles. The highest BCUT2D eigenvalue weighted by atomic mass is 35.5. The Hall–Kier alpha value is -2.56. The number of anilines is 2. The molecule has 4 rings (SSSR count). The number of nitrogens with two attached hydrogens (primary N) is 1. The summed E-state index contributed by atoms with van der Waals surface area (Å²) in [6.07, 6.45) is 1.49.